The number of carbonyl (C=O) groups is 2. The molecule has 4 aromatic rings. The molecule has 1 saturated heterocycles. The Labute approximate surface area is 205 Å². The maximum Gasteiger partial charge on any atom is 0.270 e. The predicted molar refractivity (Wildman–Crippen MR) is 135 cm³/mol. The van der Waals surface area contributed by atoms with E-state index in [1.165, 1.54) is 35.2 Å². The second-order valence-corrected chi connectivity index (χ2v) is 8.32. The van der Waals surface area contributed by atoms with E-state index in [-0.39, 0.29) is 10.7 Å². The number of rotatable bonds is 4. The lowest BCUT2D eigenvalue weighted by Crippen LogP contribution is -2.54. The number of hydrogen-bond donors (Lipinski definition) is 1. The quantitative estimate of drug-likeness (QED) is 0.264. The minimum Gasteiger partial charge on any atom is -0.342 e. The molecule has 1 fully saturated rings. The first kappa shape index (κ1) is 22.2. The van der Waals surface area contributed by atoms with Gasteiger partial charge in [-0.1, -0.05) is 36.4 Å². The second-order valence-electron chi connectivity index (χ2n) is 7.93. The summed E-state index contributed by atoms with van der Waals surface area (Å²) < 4.78 is 15.4. The van der Waals surface area contributed by atoms with Gasteiger partial charge >= 0.3 is 0 Å². The molecule has 1 aliphatic heterocycles. The zero-order valence-electron chi connectivity index (χ0n) is 18.2. The molecule has 8 heteroatoms. The van der Waals surface area contributed by atoms with Gasteiger partial charge in [0.25, 0.3) is 11.8 Å². The van der Waals surface area contributed by atoms with Crippen LogP contribution < -0.4 is 10.2 Å². The molecule has 5 rings (SSSR count). The molecule has 2 amide bonds. The molecular weight excluding hydrogens is 463 g/mol. The van der Waals surface area contributed by atoms with Gasteiger partial charge in [-0.25, -0.2) is 4.39 Å². The van der Waals surface area contributed by atoms with Crippen molar-refractivity contribution in [2.75, 3.05) is 4.90 Å². The molecule has 1 aromatic heterocycles. The summed E-state index contributed by atoms with van der Waals surface area (Å²) in [5.41, 5.74) is 3.25. The number of thiocarbonyl (C=S) groups is 1. The van der Waals surface area contributed by atoms with Gasteiger partial charge < -0.3 is 4.57 Å². The Bertz CT molecular complexity index is 1580. The van der Waals surface area contributed by atoms with Crippen molar-refractivity contribution < 1.29 is 14.0 Å². The number of benzene rings is 3. The third-order valence-corrected chi connectivity index (χ3v) is 6.07. The lowest BCUT2D eigenvalue weighted by atomic mass is 10.1. The smallest absolute Gasteiger partial charge is 0.270 e. The van der Waals surface area contributed by atoms with Gasteiger partial charge in [-0.05, 0) is 60.3 Å². The van der Waals surface area contributed by atoms with E-state index in [1.807, 2.05) is 53.2 Å². The van der Waals surface area contributed by atoms with E-state index >= 15 is 0 Å². The molecule has 0 atom stereocenters. The van der Waals surface area contributed by atoms with Gasteiger partial charge in [0, 0.05) is 29.2 Å². The lowest BCUT2D eigenvalue weighted by Gasteiger charge is -2.28. The van der Waals surface area contributed by atoms with Crippen molar-refractivity contribution in [3.8, 4) is 6.07 Å². The lowest BCUT2D eigenvalue weighted by molar-refractivity contribution is -0.122. The van der Waals surface area contributed by atoms with Gasteiger partial charge in [0.1, 0.15) is 11.4 Å². The third kappa shape index (κ3) is 4.09. The van der Waals surface area contributed by atoms with Crippen molar-refractivity contribution in [3.63, 3.8) is 0 Å². The van der Waals surface area contributed by atoms with Crippen LogP contribution in [0.1, 0.15) is 16.7 Å². The maximum atomic E-state index is 13.4. The fourth-order valence-electron chi connectivity index (χ4n) is 4.11. The highest BCUT2D eigenvalue weighted by molar-refractivity contribution is 7.80. The highest BCUT2D eigenvalue weighted by Gasteiger charge is 2.34. The van der Waals surface area contributed by atoms with Crippen LogP contribution in [-0.4, -0.2) is 21.5 Å². The fourth-order valence-corrected chi connectivity index (χ4v) is 4.39. The van der Waals surface area contributed by atoms with Gasteiger partial charge in [0.05, 0.1) is 17.3 Å². The van der Waals surface area contributed by atoms with E-state index in [1.54, 1.807) is 6.07 Å². The molecule has 0 saturated carbocycles. The number of nitriles is 1. The summed E-state index contributed by atoms with van der Waals surface area (Å²) in [5.74, 6) is -1.66. The molecule has 2 heterocycles. The first-order chi connectivity index (χ1) is 17.0. The Balaban J connectivity index is 1.58. The van der Waals surface area contributed by atoms with E-state index in [4.69, 9.17) is 12.2 Å². The maximum absolute atomic E-state index is 13.4. The minimum atomic E-state index is -0.606. The largest absolute Gasteiger partial charge is 0.342 e. The fraction of sp³-hybridized carbons (Fsp3) is 0.0370. The molecule has 35 heavy (non-hydrogen) atoms. The van der Waals surface area contributed by atoms with E-state index in [0.29, 0.717) is 23.4 Å². The van der Waals surface area contributed by atoms with E-state index in [2.05, 4.69) is 11.4 Å². The van der Waals surface area contributed by atoms with Crippen molar-refractivity contribution in [1.82, 2.24) is 9.88 Å². The monoisotopic (exact) mass is 480 g/mol. The van der Waals surface area contributed by atoms with Crippen molar-refractivity contribution in [2.24, 2.45) is 0 Å². The molecular formula is C27H17FN4O2S. The highest BCUT2D eigenvalue weighted by atomic mass is 32.1. The topological polar surface area (TPSA) is 78.1 Å². The molecule has 6 nitrogen and oxygen atoms in total. The summed E-state index contributed by atoms with van der Waals surface area (Å²) in [5, 5.41) is 12.8. The van der Waals surface area contributed by atoms with Crippen LogP contribution in [0.3, 0.4) is 0 Å². The average Bonchev–Trinajstić information content (AvgIpc) is 3.20. The molecule has 1 aliphatic rings. The zero-order valence-corrected chi connectivity index (χ0v) is 19.1. The molecule has 0 spiro atoms. The van der Waals surface area contributed by atoms with Crippen molar-refractivity contribution in [3.05, 3.63) is 107 Å². The Kier molecular flexibility index (Phi) is 5.69. The molecule has 0 unspecified atom stereocenters. The minimum absolute atomic E-state index is 0.0701. The van der Waals surface area contributed by atoms with E-state index < -0.39 is 17.6 Å². The second kappa shape index (κ2) is 8.97. The van der Waals surface area contributed by atoms with Gasteiger partial charge in [-0.2, -0.15) is 5.26 Å². The van der Waals surface area contributed by atoms with Gasteiger partial charge in [-0.3, -0.25) is 19.8 Å². The molecule has 0 radical (unpaired) electrons. The number of nitrogens with zero attached hydrogens (tertiary/aromatic N) is 3. The summed E-state index contributed by atoms with van der Waals surface area (Å²) >= 11 is 5.21. The summed E-state index contributed by atoms with van der Waals surface area (Å²) in [6, 6.07) is 22.5. The van der Waals surface area contributed by atoms with Gasteiger partial charge in [0.15, 0.2) is 5.11 Å². The Hall–Kier alpha value is -4.61. The van der Waals surface area contributed by atoms with Crippen LogP contribution in [0, 0.1) is 17.1 Å². The SMILES string of the molecule is N#Cc1ccccc1Cn1cc(/C=C2\C(=O)NC(=S)N(c3ccc(F)cc3)C2=O)c2ccccc21. The molecule has 0 bridgehead atoms. The Morgan fingerprint density at radius 3 is 2.49 bits per heavy atom. The van der Waals surface area contributed by atoms with Crippen LogP contribution in [0.4, 0.5) is 10.1 Å². The number of anilines is 1. The molecule has 0 aliphatic carbocycles. The Morgan fingerprint density at radius 1 is 1.00 bits per heavy atom. The summed E-state index contributed by atoms with van der Waals surface area (Å²) in [6.07, 6.45) is 3.38. The van der Waals surface area contributed by atoms with Crippen LogP contribution in [0.5, 0.6) is 0 Å². The third-order valence-electron chi connectivity index (χ3n) is 5.78. The first-order valence-electron chi connectivity index (χ1n) is 10.7. The Morgan fingerprint density at radius 2 is 1.71 bits per heavy atom. The molecule has 170 valence electrons. The number of aromatic nitrogens is 1. The number of amides is 2. The van der Waals surface area contributed by atoms with Crippen LogP contribution >= 0.6 is 12.2 Å². The normalized spacial score (nSPS) is 14.9. The number of carbonyl (C=O) groups excluding carboxylic acids is 2. The number of hydrogen-bond acceptors (Lipinski definition) is 4. The van der Waals surface area contributed by atoms with Crippen LogP contribution in [0.2, 0.25) is 0 Å². The van der Waals surface area contributed by atoms with Crippen LogP contribution in [0.25, 0.3) is 17.0 Å². The molecule has 1 N–H and O–H groups in total. The first-order valence-corrected chi connectivity index (χ1v) is 11.1. The van der Waals surface area contributed by atoms with E-state index in [0.717, 1.165) is 16.5 Å². The van der Waals surface area contributed by atoms with Crippen molar-refractivity contribution in [1.29, 1.82) is 5.26 Å². The average molecular weight is 481 g/mol. The summed E-state index contributed by atoms with van der Waals surface area (Å²) in [4.78, 5) is 27.2. The van der Waals surface area contributed by atoms with Crippen LogP contribution in [-0.2, 0) is 16.1 Å². The molecule has 3 aromatic carbocycles. The highest BCUT2D eigenvalue weighted by Crippen LogP contribution is 2.27. The van der Waals surface area contributed by atoms with Gasteiger partial charge in [0.2, 0.25) is 0 Å². The van der Waals surface area contributed by atoms with E-state index in [9.17, 15) is 19.2 Å². The van der Waals surface area contributed by atoms with Crippen LogP contribution in [0.15, 0.2) is 84.6 Å². The standard InChI is InChI=1S/C27H17FN4O2S/c28-20-9-11-21(12-10-20)32-26(34)23(25(33)30-27(32)35)13-19-16-31(24-8-4-3-7-22(19)24)15-18-6-2-1-5-17(18)14-29/h1-13,16H,15H2,(H,30,33,35)/b23-13+. The summed E-state index contributed by atoms with van der Waals surface area (Å²) in [7, 11) is 0. The van der Waals surface area contributed by atoms with Crippen molar-refractivity contribution >= 4 is 51.8 Å². The zero-order chi connectivity index (χ0) is 24.5. The number of halogens is 1. The number of nitrogens with one attached hydrogen (secondary N) is 1. The van der Waals surface area contributed by atoms with Gasteiger partial charge in [-0.15, -0.1) is 0 Å². The number of fused-ring (bicyclic) bond motifs is 1. The van der Waals surface area contributed by atoms with Crippen molar-refractivity contribution in [2.45, 2.75) is 6.54 Å². The summed E-state index contributed by atoms with van der Waals surface area (Å²) in [6.45, 7) is 0.444. The predicted octanol–water partition coefficient (Wildman–Crippen LogP) is 4.53. The number of para-hydroxylation sites is 1.